The average molecular weight is 373 g/mol. The number of hydrogen-bond acceptors (Lipinski definition) is 3. The van der Waals surface area contributed by atoms with Crippen LogP contribution in [0.4, 0.5) is 0 Å². The molecule has 4 rings (SSSR count). The zero-order valence-corrected chi connectivity index (χ0v) is 16.0. The molecule has 1 saturated heterocycles. The van der Waals surface area contributed by atoms with Gasteiger partial charge in [0, 0.05) is 24.8 Å². The lowest BCUT2D eigenvalue weighted by Gasteiger charge is -2.28. The van der Waals surface area contributed by atoms with E-state index in [1.165, 1.54) is 5.57 Å². The van der Waals surface area contributed by atoms with Gasteiger partial charge in [0.05, 0.1) is 18.4 Å². The highest BCUT2D eigenvalue weighted by Gasteiger charge is 2.25. The number of likely N-dealkylation sites (tertiary alicyclic amines) is 1. The van der Waals surface area contributed by atoms with E-state index in [-0.39, 0.29) is 5.91 Å². The molecule has 0 aliphatic carbocycles. The van der Waals surface area contributed by atoms with E-state index in [0.29, 0.717) is 24.3 Å². The molecule has 1 aromatic heterocycles. The van der Waals surface area contributed by atoms with Crippen molar-refractivity contribution in [3.8, 4) is 22.7 Å². The maximum Gasteiger partial charge on any atom is 0.257 e. The molecule has 5 heteroatoms. The Kier molecular flexibility index (Phi) is 4.98. The number of carbonyl (C=O) groups excluding carboxylic acids is 1. The van der Waals surface area contributed by atoms with Crippen LogP contribution < -0.4 is 4.74 Å². The van der Waals surface area contributed by atoms with Crippen molar-refractivity contribution in [3.05, 3.63) is 78.5 Å². The van der Waals surface area contributed by atoms with Gasteiger partial charge in [0.15, 0.2) is 0 Å². The minimum absolute atomic E-state index is 0.00695. The normalized spacial score (nSPS) is 14.2. The molecule has 3 aromatic rings. The Balaban J connectivity index is 1.77. The lowest BCUT2D eigenvalue weighted by atomic mass is 10.0. The van der Waals surface area contributed by atoms with Crippen LogP contribution in [-0.2, 0) is 0 Å². The first-order valence-electron chi connectivity index (χ1n) is 9.41. The van der Waals surface area contributed by atoms with Crippen LogP contribution >= 0.6 is 0 Å². The SMILES string of the molecule is C=C1CCN(C(=O)c2cn(-c3ccccc3)nc2-c2cccc(OC)c2)CC1. The first kappa shape index (κ1) is 18.0. The number of aromatic nitrogens is 2. The molecule has 0 bridgehead atoms. The quantitative estimate of drug-likeness (QED) is 0.639. The summed E-state index contributed by atoms with van der Waals surface area (Å²) < 4.78 is 7.13. The number of benzene rings is 2. The fourth-order valence-corrected chi connectivity index (χ4v) is 3.42. The van der Waals surface area contributed by atoms with Crippen LogP contribution in [0, 0.1) is 0 Å². The van der Waals surface area contributed by atoms with Gasteiger partial charge in [0.25, 0.3) is 5.91 Å². The second-order valence-electron chi connectivity index (χ2n) is 6.95. The average Bonchev–Trinajstić information content (AvgIpc) is 3.20. The summed E-state index contributed by atoms with van der Waals surface area (Å²) in [5.74, 6) is 0.743. The fourth-order valence-electron chi connectivity index (χ4n) is 3.42. The molecule has 0 radical (unpaired) electrons. The molecule has 2 heterocycles. The van der Waals surface area contributed by atoms with E-state index < -0.39 is 0 Å². The third kappa shape index (κ3) is 3.56. The van der Waals surface area contributed by atoms with E-state index in [2.05, 4.69) is 6.58 Å². The minimum atomic E-state index is 0.00695. The van der Waals surface area contributed by atoms with Gasteiger partial charge in [0.2, 0.25) is 0 Å². The standard InChI is InChI=1S/C23H23N3O2/c1-17-11-13-25(14-12-17)23(27)21-16-26(19-8-4-3-5-9-19)24-22(21)18-7-6-10-20(15-18)28-2/h3-10,15-16H,1,11-14H2,2H3. The Labute approximate surface area is 164 Å². The Morgan fingerprint density at radius 1 is 1.07 bits per heavy atom. The van der Waals surface area contributed by atoms with E-state index in [1.807, 2.05) is 65.7 Å². The van der Waals surface area contributed by atoms with Crippen molar-refractivity contribution in [1.82, 2.24) is 14.7 Å². The van der Waals surface area contributed by atoms with Crippen LogP contribution in [0.3, 0.4) is 0 Å². The third-order valence-corrected chi connectivity index (χ3v) is 5.07. The van der Waals surface area contributed by atoms with Gasteiger partial charge in [-0.1, -0.05) is 42.5 Å². The molecule has 1 aliphatic rings. The minimum Gasteiger partial charge on any atom is -0.497 e. The summed E-state index contributed by atoms with van der Waals surface area (Å²) >= 11 is 0. The van der Waals surface area contributed by atoms with Crippen molar-refractivity contribution in [3.63, 3.8) is 0 Å². The summed E-state index contributed by atoms with van der Waals surface area (Å²) in [7, 11) is 1.63. The fraction of sp³-hybridized carbons (Fsp3) is 0.217. The number of hydrogen-bond donors (Lipinski definition) is 0. The number of methoxy groups -OCH3 is 1. The molecular weight excluding hydrogens is 350 g/mol. The smallest absolute Gasteiger partial charge is 0.257 e. The van der Waals surface area contributed by atoms with E-state index in [9.17, 15) is 4.79 Å². The summed E-state index contributed by atoms with van der Waals surface area (Å²) in [6.45, 7) is 5.44. The summed E-state index contributed by atoms with van der Waals surface area (Å²) in [6, 6.07) is 17.5. The zero-order chi connectivity index (χ0) is 19.5. The maximum absolute atomic E-state index is 13.3. The molecule has 28 heavy (non-hydrogen) atoms. The monoisotopic (exact) mass is 373 g/mol. The topological polar surface area (TPSA) is 47.4 Å². The van der Waals surface area contributed by atoms with Crippen molar-refractivity contribution in [2.45, 2.75) is 12.8 Å². The van der Waals surface area contributed by atoms with Gasteiger partial charge in [-0.3, -0.25) is 4.79 Å². The Hall–Kier alpha value is -3.34. The van der Waals surface area contributed by atoms with Crippen LogP contribution in [0.25, 0.3) is 16.9 Å². The van der Waals surface area contributed by atoms with Crippen molar-refractivity contribution in [2.75, 3.05) is 20.2 Å². The summed E-state index contributed by atoms with van der Waals surface area (Å²) in [6.07, 6.45) is 3.54. The molecule has 0 spiro atoms. The molecule has 1 amide bonds. The summed E-state index contributed by atoms with van der Waals surface area (Å²) in [4.78, 5) is 15.2. The van der Waals surface area contributed by atoms with Crippen LogP contribution in [-0.4, -0.2) is 40.8 Å². The second kappa shape index (κ2) is 7.72. The van der Waals surface area contributed by atoms with E-state index in [0.717, 1.165) is 29.8 Å². The van der Waals surface area contributed by atoms with Gasteiger partial charge in [-0.25, -0.2) is 4.68 Å². The number of amides is 1. The lowest BCUT2D eigenvalue weighted by Crippen LogP contribution is -2.36. The summed E-state index contributed by atoms with van der Waals surface area (Å²) in [5.41, 5.74) is 4.25. The van der Waals surface area contributed by atoms with Crippen LogP contribution in [0.5, 0.6) is 5.75 Å². The van der Waals surface area contributed by atoms with Crippen molar-refractivity contribution >= 4 is 5.91 Å². The molecule has 0 N–H and O–H groups in total. The molecule has 5 nitrogen and oxygen atoms in total. The number of carbonyl (C=O) groups is 1. The van der Waals surface area contributed by atoms with Gasteiger partial charge in [-0.15, -0.1) is 0 Å². The second-order valence-corrected chi connectivity index (χ2v) is 6.95. The van der Waals surface area contributed by atoms with E-state index in [4.69, 9.17) is 9.84 Å². The van der Waals surface area contributed by atoms with Crippen LogP contribution in [0.2, 0.25) is 0 Å². The van der Waals surface area contributed by atoms with Gasteiger partial charge >= 0.3 is 0 Å². The Morgan fingerprint density at radius 3 is 2.54 bits per heavy atom. The highest BCUT2D eigenvalue weighted by Crippen LogP contribution is 2.28. The molecule has 0 atom stereocenters. The molecule has 142 valence electrons. The lowest BCUT2D eigenvalue weighted by molar-refractivity contribution is 0.0744. The molecule has 0 saturated carbocycles. The number of piperidine rings is 1. The van der Waals surface area contributed by atoms with Crippen LogP contribution in [0.15, 0.2) is 72.9 Å². The number of nitrogens with zero attached hydrogens (tertiary/aromatic N) is 3. The van der Waals surface area contributed by atoms with Gasteiger partial charge in [-0.05, 0) is 37.1 Å². The van der Waals surface area contributed by atoms with Gasteiger partial charge in [0.1, 0.15) is 11.4 Å². The molecule has 1 aliphatic heterocycles. The Morgan fingerprint density at radius 2 is 1.82 bits per heavy atom. The molecule has 0 unspecified atom stereocenters. The third-order valence-electron chi connectivity index (χ3n) is 5.07. The van der Waals surface area contributed by atoms with Gasteiger partial charge < -0.3 is 9.64 Å². The van der Waals surface area contributed by atoms with Gasteiger partial charge in [-0.2, -0.15) is 5.10 Å². The number of para-hydroxylation sites is 1. The molecule has 1 fully saturated rings. The van der Waals surface area contributed by atoms with Crippen molar-refractivity contribution < 1.29 is 9.53 Å². The highest BCUT2D eigenvalue weighted by molar-refractivity contribution is 6.00. The Bertz CT molecular complexity index is 998. The maximum atomic E-state index is 13.3. The van der Waals surface area contributed by atoms with Crippen molar-refractivity contribution in [1.29, 1.82) is 0 Å². The first-order chi connectivity index (χ1) is 13.7. The predicted molar refractivity (Wildman–Crippen MR) is 110 cm³/mol. The van der Waals surface area contributed by atoms with E-state index >= 15 is 0 Å². The molecule has 2 aromatic carbocycles. The summed E-state index contributed by atoms with van der Waals surface area (Å²) in [5, 5.41) is 4.75. The van der Waals surface area contributed by atoms with E-state index in [1.54, 1.807) is 11.8 Å². The van der Waals surface area contributed by atoms with Crippen LogP contribution in [0.1, 0.15) is 23.2 Å². The first-order valence-corrected chi connectivity index (χ1v) is 9.41. The number of rotatable bonds is 4. The predicted octanol–water partition coefficient (Wildman–Crippen LogP) is 4.34. The van der Waals surface area contributed by atoms with Crippen molar-refractivity contribution in [2.24, 2.45) is 0 Å². The molecular formula is C23H23N3O2. The highest BCUT2D eigenvalue weighted by atomic mass is 16.5. The number of ether oxygens (including phenoxy) is 1. The largest absolute Gasteiger partial charge is 0.497 e. The zero-order valence-electron chi connectivity index (χ0n) is 16.0.